The van der Waals surface area contributed by atoms with Crippen molar-refractivity contribution in [3.05, 3.63) is 72.2 Å². The predicted molar refractivity (Wildman–Crippen MR) is 110 cm³/mol. The molecule has 1 fully saturated rings. The maximum Gasteiger partial charge on any atom is 0.416 e. The summed E-state index contributed by atoms with van der Waals surface area (Å²) in [6.45, 7) is 0.481. The van der Waals surface area contributed by atoms with Crippen LogP contribution in [-0.4, -0.2) is 38.9 Å². The Morgan fingerprint density at radius 1 is 1.12 bits per heavy atom. The second kappa shape index (κ2) is 9.21. The Hall–Kier alpha value is -3.69. The van der Waals surface area contributed by atoms with Crippen molar-refractivity contribution in [1.82, 2.24) is 19.9 Å². The number of alkyl halides is 3. The maximum atomic E-state index is 12.9. The molecular weight excluding hydrogens is 423 g/mol. The van der Waals surface area contributed by atoms with E-state index in [1.54, 1.807) is 23.1 Å². The van der Waals surface area contributed by atoms with Gasteiger partial charge in [0.25, 0.3) is 5.91 Å². The van der Waals surface area contributed by atoms with Crippen LogP contribution >= 0.6 is 0 Å². The lowest BCUT2D eigenvalue weighted by molar-refractivity contribution is -0.137. The Bertz CT molecular complexity index is 1080. The fraction of sp³-hybridized carbons (Fsp3) is 0.273. The molecule has 1 aliphatic rings. The average molecular weight is 443 g/mol. The van der Waals surface area contributed by atoms with Crippen LogP contribution in [-0.2, 0) is 11.0 Å². The van der Waals surface area contributed by atoms with Crippen molar-refractivity contribution in [2.75, 3.05) is 18.5 Å². The average Bonchev–Trinajstić information content (AvgIpc) is 3.28. The molecular formula is C22H20F3N5O2. The molecule has 166 valence electrons. The summed E-state index contributed by atoms with van der Waals surface area (Å²) in [7, 11) is 0. The first-order valence-electron chi connectivity index (χ1n) is 10.0. The zero-order valence-corrected chi connectivity index (χ0v) is 16.9. The molecule has 1 aliphatic heterocycles. The molecule has 0 aliphatic carbocycles. The number of hydrogen-bond donors (Lipinski definition) is 1. The number of nitrogens with one attached hydrogen (secondary N) is 1. The smallest absolute Gasteiger partial charge is 0.416 e. The minimum atomic E-state index is -4.48. The van der Waals surface area contributed by atoms with Gasteiger partial charge in [-0.25, -0.2) is 15.0 Å². The number of aromatic nitrogens is 3. The number of anilines is 2. The van der Waals surface area contributed by atoms with Crippen molar-refractivity contribution in [2.45, 2.75) is 25.1 Å². The van der Waals surface area contributed by atoms with Crippen molar-refractivity contribution in [3.8, 4) is 5.75 Å². The number of carbonyl (C=O) groups is 1. The first-order chi connectivity index (χ1) is 15.4. The second-order valence-electron chi connectivity index (χ2n) is 7.20. The first-order valence-corrected chi connectivity index (χ1v) is 10.0. The Balaban J connectivity index is 1.45. The molecule has 1 N–H and O–H groups in total. The highest BCUT2D eigenvalue weighted by Gasteiger charge is 2.32. The standard InChI is InChI=1S/C22H20F3N5O2/c23-22(24,25)15-8-10-26-19(13-15)29-21-27-11-9-17(28-21)18-7-4-12-30(18)20(31)14-32-16-5-2-1-3-6-16/h1-3,5-6,8-11,13,18H,4,7,12,14H2,(H,26,27,28,29). The van der Waals surface area contributed by atoms with Gasteiger partial charge in [0.1, 0.15) is 11.6 Å². The fourth-order valence-electron chi connectivity index (χ4n) is 3.53. The number of nitrogens with zero attached hydrogens (tertiary/aromatic N) is 4. The highest BCUT2D eigenvalue weighted by atomic mass is 19.4. The summed E-state index contributed by atoms with van der Waals surface area (Å²) >= 11 is 0. The second-order valence-corrected chi connectivity index (χ2v) is 7.20. The monoisotopic (exact) mass is 443 g/mol. The third kappa shape index (κ3) is 5.13. The molecule has 3 heterocycles. The molecule has 3 aromatic rings. The lowest BCUT2D eigenvalue weighted by atomic mass is 10.1. The van der Waals surface area contributed by atoms with E-state index in [4.69, 9.17) is 4.74 Å². The largest absolute Gasteiger partial charge is 0.484 e. The van der Waals surface area contributed by atoms with Crippen LogP contribution in [0.2, 0.25) is 0 Å². The van der Waals surface area contributed by atoms with E-state index in [9.17, 15) is 18.0 Å². The van der Waals surface area contributed by atoms with E-state index in [0.717, 1.165) is 31.2 Å². The van der Waals surface area contributed by atoms with Gasteiger partial charge in [0.05, 0.1) is 17.3 Å². The topological polar surface area (TPSA) is 80.2 Å². The van der Waals surface area contributed by atoms with Crippen LogP contribution in [0, 0.1) is 0 Å². The van der Waals surface area contributed by atoms with Crippen LogP contribution in [0.3, 0.4) is 0 Å². The van der Waals surface area contributed by atoms with E-state index < -0.39 is 11.7 Å². The minimum Gasteiger partial charge on any atom is -0.484 e. The van der Waals surface area contributed by atoms with E-state index in [0.29, 0.717) is 18.0 Å². The Morgan fingerprint density at radius 3 is 2.69 bits per heavy atom. The lowest BCUT2D eigenvalue weighted by Crippen LogP contribution is -2.34. The van der Waals surface area contributed by atoms with Gasteiger partial charge in [-0.2, -0.15) is 13.2 Å². The zero-order chi connectivity index (χ0) is 22.6. The number of likely N-dealkylation sites (tertiary alicyclic amines) is 1. The maximum absolute atomic E-state index is 12.9. The van der Waals surface area contributed by atoms with Crippen molar-refractivity contribution >= 4 is 17.7 Å². The van der Waals surface area contributed by atoms with E-state index in [-0.39, 0.29) is 30.3 Å². The summed E-state index contributed by atoms with van der Waals surface area (Å²) in [5.41, 5.74) is -0.225. The quantitative estimate of drug-likeness (QED) is 0.609. The van der Waals surface area contributed by atoms with Crippen LogP contribution in [0.5, 0.6) is 5.75 Å². The lowest BCUT2D eigenvalue weighted by Gasteiger charge is -2.24. The van der Waals surface area contributed by atoms with Gasteiger partial charge in [-0.1, -0.05) is 18.2 Å². The van der Waals surface area contributed by atoms with Crippen molar-refractivity contribution < 1.29 is 22.7 Å². The Labute approximate surface area is 182 Å². The van der Waals surface area contributed by atoms with E-state index in [1.807, 2.05) is 18.2 Å². The molecule has 1 unspecified atom stereocenters. The summed E-state index contributed by atoms with van der Waals surface area (Å²) in [5, 5.41) is 2.71. The van der Waals surface area contributed by atoms with Crippen LogP contribution in [0.15, 0.2) is 60.9 Å². The molecule has 2 aromatic heterocycles. The molecule has 1 saturated heterocycles. The number of hydrogen-bond acceptors (Lipinski definition) is 6. The van der Waals surface area contributed by atoms with Crippen molar-refractivity contribution in [1.29, 1.82) is 0 Å². The summed E-state index contributed by atoms with van der Waals surface area (Å²) in [5.74, 6) is 0.532. The van der Waals surface area contributed by atoms with Crippen molar-refractivity contribution in [2.24, 2.45) is 0 Å². The summed E-state index contributed by atoms with van der Waals surface area (Å²) in [6.07, 6.45) is -0.382. The summed E-state index contributed by atoms with van der Waals surface area (Å²) in [6, 6.07) is 12.3. The van der Waals surface area contributed by atoms with Crippen LogP contribution in [0.25, 0.3) is 0 Å². The van der Waals surface area contributed by atoms with Gasteiger partial charge in [-0.3, -0.25) is 4.79 Å². The number of benzene rings is 1. The van der Waals surface area contributed by atoms with Gasteiger partial charge in [-0.15, -0.1) is 0 Å². The van der Waals surface area contributed by atoms with E-state index >= 15 is 0 Å². The van der Waals surface area contributed by atoms with Crippen LogP contribution in [0.1, 0.15) is 30.1 Å². The Kier molecular flexibility index (Phi) is 6.20. The molecule has 0 saturated carbocycles. The molecule has 32 heavy (non-hydrogen) atoms. The third-order valence-electron chi connectivity index (χ3n) is 5.02. The number of amides is 1. The molecule has 0 bridgehead atoms. The Morgan fingerprint density at radius 2 is 1.91 bits per heavy atom. The number of rotatable bonds is 6. The molecule has 0 spiro atoms. The number of pyridine rings is 1. The number of ether oxygens (including phenoxy) is 1. The molecule has 1 atom stereocenters. The molecule has 10 heteroatoms. The van der Waals surface area contributed by atoms with Gasteiger partial charge in [0.15, 0.2) is 6.61 Å². The molecule has 1 aromatic carbocycles. The highest BCUT2D eigenvalue weighted by Crippen LogP contribution is 2.32. The number of carbonyl (C=O) groups excluding carboxylic acids is 1. The zero-order valence-electron chi connectivity index (χ0n) is 16.9. The highest BCUT2D eigenvalue weighted by molar-refractivity contribution is 5.78. The summed E-state index contributed by atoms with van der Waals surface area (Å²) < 4.78 is 44.4. The van der Waals surface area contributed by atoms with Gasteiger partial charge in [-0.05, 0) is 43.2 Å². The van der Waals surface area contributed by atoms with Gasteiger partial charge in [0.2, 0.25) is 5.95 Å². The summed E-state index contributed by atoms with van der Waals surface area (Å²) in [4.78, 5) is 26.8. The van der Waals surface area contributed by atoms with Crippen LogP contribution in [0.4, 0.5) is 24.9 Å². The number of halogens is 3. The predicted octanol–water partition coefficient (Wildman–Crippen LogP) is 4.38. The first kappa shape index (κ1) is 21.5. The van der Waals surface area contributed by atoms with Gasteiger partial charge >= 0.3 is 6.18 Å². The third-order valence-corrected chi connectivity index (χ3v) is 5.02. The minimum absolute atomic E-state index is 0.0207. The van der Waals surface area contributed by atoms with Gasteiger partial charge in [0, 0.05) is 18.9 Å². The van der Waals surface area contributed by atoms with Gasteiger partial charge < -0.3 is 15.0 Å². The number of para-hydroxylation sites is 1. The molecule has 7 nitrogen and oxygen atoms in total. The molecule has 1 amide bonds. The van der Waals surface area contributed by atoms with E-state index in [1.165, 1.54) is 6.20 Å². The molecule has 4 rings (SSSR count). The normalized spacial score (nSPS) is 16.1. The molecule has 0 radical (unpaired) electrons. The van der Waals surface area contributed by atoms with Crippen molar-refractivity contribution in [3.63, 3.8) is 0 Å². The van der Waals surface area contributed by atoms with E-state index in [2.05, 4.69) is 20.3 Å². The fourth-order valence-corrected chi connectivity index (χ4v) is 3.53. The SMILES string of the molecule is O=C(COc1ccccc1)N1CCCC1c1ccnc(Nc2cc(C(F)(F)F)ccn2)n1. The van der Waals surface area contributed by atoms with Crippen LogP contribution < -0.4 is 10.1 Å².